The Morgan fingerprint density at radius 3 is 2.75 bits per heavy atom. The molecule has 0 saturated heterocycles. The molecule has 0 atom stereocenters. The average Bonchev–Trinajstić information content (AvgIpc) is 2.26. The monoisotopic (exact) mass is 225 g/mol. The number of ether oxygens (including phenoxy) is 1. The number of nitrogens with one attached hydrogen (secondary N) is 2. The second-order valence-corrected chi connectivity index (χ2v) is 2.81. The highest BCUT2D eigenvalue weighted by Gasteiger charge is 2.13. The predicted molar refractivity (Wildman–Crippen MR) is 56.4 cm³/mol. The number of hydrogen-bond donors (Lipinski definition) is 4. The standard InChI is InChI=1S/C9H11N3O4/c1-16-8-6(14)3-2-5(4-13)7(8)11-12-9(10)15/h2-4,11,14H,1H3,(H3,10,12,15). The molecule has 0 saturated carbocycles. The van der Waals surface area contributed by atoms with E-state index in [9.17, 15) is 14.7 Å². The molecular weight excluding hydrogens is 214 g/mol. The van der Waals surface area contributed by atoms with Crippen LogP contribution in [-0.4, -0.2) is 24.5 Å². The fourth-order valence-corrected chi connectivity index (χ4v) is 1.14. The Labute approximate surface area is 91.2 Å². The van der Waals surface area contributed by atoms with Crippen LogP contribution in [0.4, 0.5) is 10.5 Å². The van der Waals surface area contributed by atoms with Gasteiger partial charge in [0.2, 0.25) is 0 Å². The number of aromatic hydroxyl groups is 1. The molecule has 0 radical (unpaired) electrons. The van der Waals surface area contributed by atoms with Gasteiger partial charge in [-0.2, -0.15) is 0 Å². The molecule has 0 aliphatic carbocycles. The molecule has 5 N–H and O–H groups in total. The minimum Gasteiger partial charge on any atom is -0.504 e. The topological polar surface area (TPSA) is 114 Å². The number of amides is 2. The smallest absolute Gasteiger partial charge is 0.330 e. The molecule has 0 aliphatic rings. The van der Waals surface area contributed by atoms with Gasteiger partial charge in [-0.25, -0.2) is 4.79 Å². The SMILES string of the molecule is COc1c(O)ccc(C=O)c1NNC(N)=O. The Balaban J connectivity index is 3.14. The van der Waals surface area contributed by atoms with E-state index in [0.717, 1.165) is 0 Å². The van der Waals surface area contributed by atoms with Crippen molar-refractivity contribution in [3.8, 4) is 11.5 Å². The lowest BCUT2D eigenvalue weighted by molar-refractivity contribution is 0.112. The van der Waals surface area contributed by atoms with Crippen molar-refractivity contribution in [2.75, 3.05) is 12.5 Å². The van der Waals surface area contributed by atoms with Crippen molar-refractivity contribution in [2.24, 2.45) is 5.73 Å². The first-order valence-electron chi connectivity index (χ1n) is 4.26. The van der Waals surface area contributed by atoms with Crippen LogP contribution in [0, 0.1) is 0 Å². The molecule has 1 rings (SSSR count). The second kappa shape index (κ2) is 4.87. The van der Waals surface area contributed by atoms with Crippen molar-refractivity contribution in [2.45, 2.75) is 0 Å². The summed E-state index contributed by atoms with van der Waals surface area (Å²) >= 11 is 0. The van der Waals surface area contributed by atoms with Gasteiger partial charge in [0, 0.05) is 5.56 Å². The van der Waals surface area contributed by atoms with Gasteiger partial charge in [-0.3, -0.25) is 15.6 Å². The number of carbonyl (C=O) groups excluding carboxylic acids is 2. The minimum atomic E-state index is -0.831. The number of urea groups is 1. The first-order chi connectivity index (χ1) is 7.60. The van der Waals surface area contributed by atoms with Crippen LogP contribution in [0.5, 0.6) is 11.5 Å². The number of primary amides is 1. The van der Waals surface area contributed by atoms with Crippen LogP contribution in [0.25, 0.3) is 0 Å². The minimum absolute atomic E-state index is 0.0401. The van der Waals surface area contributed by atoms with Gasteiger partial charge in [-0.05, 0) is 12.1 Å². The summed E-state index contributed by atoms with van der Waals surface area (Å²) in [5.41, 5.74) is 9.66. The number of hydrogen-bond acceptors (Lipinski definition) is 5. The van der Waals surface area contributed by atoms with Crippen LogP contribution in [0.15, 0.2) is 12.1 Å². The molecule has 7 heteroatoms. The van der Waals surface area contributed by atoms with Crippen LogP contribution < -0.4 is 21.3 Å². The van der Waals surface area contributed by atoms with Crippen molar-refractivity contribution in [3.05, 3.63) is 17.7 Å². The van der Waals surface area contributed by atoms with E-state index in [-0.39, 0.29) is 22.7 Å². The lowest BCUT2D eigenvalue weighted by atomic mass is 10.1. The highest BCUT2D eigenvalue weighted by molar-refractivity contribution is 5.89. The average molecular weight is 225 g/mol. The highest BCUT2D eigenvalue weighted by atomic mass is 16.5. The fraction of sp³-hybridized carbons (Fsp3) is 0.111. The van der Waals surface area contributed by atoms with Gasteiger partial charge in [0.25, 0.3) is 0 Å². The van der Waals surface area contributed by atoms with E-state index in [2.05, 4.69) is 10.9 Å². The number of anilines is 1. The summed E-state index contributed by atoms with van der Waals surface area (Å²) in [4.78, 5) is 21.2. The van der Waals surface area contributed by atoms with Crippen LogP contribution in [0.3, 0.4) is 0 Å². The van der Waals surface area contributed by atoms with Gasteiger partial charge >= 0.3 is 6.03 Å². The zero-order valence-corrected chi connectivity index (χ0v) is 8.48. The first kappa shape index (κ1) is 11.6. The molecule has 16 heavy (non-hydrogen) atoms. The Morgan fingerprint density at radius 1 is 1.56 bits per heavy atom. The number of benzene rings is 1. The second-order valence-electron chi connectivity index (χ2n) is 2.81. The number of carbonyl (C=O) groups is 2. The quantitative estimate of drug-likeness (QED) is 0.432. The van der Waals surface area contributed by atoms with Gasteiger partial charge in [0.05, 0.1) is 7.11 Å². The summed E-state index contributed by atoms with van der Waals surface area (Å²) in [7, 11) is 1.32. The molecule has 86 valence electrons. The van der Waals surface area contributed by atoms with E-state index < -0.39 is 6.03 Å². The third-order valence-electron chi connectivity index (χ3n) is 1.81. The highest BCUT2D eigenvalue weighted by Crippen LogP contribution is 2.35. The Hall–Kier alpha value is -2.44. The van der Waals surface area contributed by atoms with Crippen LogP contribution in [0.2, 0.25) is 0 Å². The summed E-state index contributed by atoms with van der Waals surface area (Å²) in [5.74, 6) is -0.125. The third kappa shape index (κ3) is 2.32. The largest absolute Gasteiger partial charge is 0.504 e. The number of nitrogens with two attached hydrogens (primary N) is 1. The maximum atomic E-state index is 10.7. The van der Waals surface area contributed by atoms with E-state index in [1.54, 1.807) is 0 Å². The van der Waals surface area contributed by atoms with Crippen molar-refractivity contribution in [3.63, 3.8) is 0 Å². The molecule has 1 aromatic rings. The summed E-state index contributed by atoms with van der Waals surface area (Å²) in [6, 6.07) is 1.84. The van der Waals surface area contributed by atoms with Crippen molar-refractivity contribution in [1.29, 1.82) is 0 Å². The first-order valence-corrected chi connectivity index (χ1v) is 4.26. The van der Waals surface area contributed by atoms with E-state index in [1.807, 2.05) is 0 Å². The van der Waals surface area contributed by atoms with Gasteiger partial charge < -0.3 is 15.6 Å². The normalized spacial score (nSPS) is 9.31. The van der Waals surface area contributed by atoms with E-state index in [0.29, 0.717) is 6.29 Å². The number of rotatable bonds is 4. The Kier molecular flexibility index (Phi) is 3.54. The molecule has 0 fully saturated rings. The molecule has 2 amide bonds. The third-order valence-corrected chi connectivity index (χ3v) is 1.81. The van der Waals surface area contributed by atoms with Crippen molar-refractivity contribution < 1.29 is 19.4 Å². The predicted octanol–water partition coefficient (Wildman–Crippen LogP) is 0.208. The van der Waals surface area contributed by atoms with Gasteiger partial charge in [-0.1, -0.05) is 0 Å². The Bertz CT molecular complexity index is 419. The maximum Gasteiger partial charge on any atom is 0.330 e. The van der Waals surface area contributed by atoms with Crippen molar-refractivity contribution >= 4 is 18.0 Å². The lowest BCUT2D eigenvalue weighted by Crippen LogP contribution is -2.34. The molecule has 0 aromatic heterocycles. The molecule has 0 bridgehead atoms. The van der Waals surface area contributed by atoms with E-state index in [1.165, 1.54) is 19.2 Å². The lowest BCUT2D eigenvalue weighted by Gasteiger charge is -2.13. The molecule has 0 aliphatic heterocycles. The molecule has 0 spiro atoms. The van der Waals surface area contributed by atoms with Gasteiger partial charge in [0.15, 0.2) is 17.8 Å². The molecule has 0 unspecified atom stereocenters. The number of phenolic OH excluding ortho intramolecular Hbond substituents is 1. The number of phenols is 1. The fourth-order valence-electron chi connectivity index (χ4n) is 1.14. The van der Waals surface area contributed by atoms with Crippen LogP contribution >= 0.6 is 0 Å². The zero-order chi connectivity index (χ0) is 12.1. The van der Waals surface area contributed by atoms with E-state index >= 15 is 0 Å². The maximum absolute atomic E-state index is 10.7. The summed E-state index contributed by atoms with van der Waals surface area (Å²) in [5, 5.41) is 9.45. The zero-order valence-electron chi connectivity index (χ0n) is 8.48. The molecular formula is C9H11N3O4. The van der Waals surface area contributed by atoms with Crippen LogP contribution in [-0.2, 0) is 0 Å². The molecule has 0 heterocycles. The molecule has 1 aromatic carbocycles. The number of methoxy groups -OCH3 is 1. The van der Waals surface area contributed by atoms with Gasteiger partial charge in [0.1, 0.15) is 5.69 Å². The van der Waals surface area contributed by atoms with Crippen molar-refractivity contribution in [1.82, 2.24) is 5.43 Å². The molecule has 7 nitrogen and oxygen atoms in total. The van der Waals surface area contributed by atoms with Gasteiger partial charge in [-0.15, -0.1) is 0 Å². The summed E-state index contributed by atoms with van der Waals surface area (Å²) in [6.45, 7) is 0. The Morgan fingerprint density at radius 2 is 2.25 bits per heavy atom. The number of hydrazine groups is 1. The van der Waals surface area contributed by atoms with Crippen LogP contribution in [0.1, 0.15) is 10.4 Å². The van der Waals surface area contributed by atoms with E-state index in [4.69, 9.17) is 10.5 Å². The summed E-state index contributed by atoms with van der Waals surface area (Å²) in [6.07, 6.45) is 0.549. The summed E-state index contributed by atoms with van der Waals surface area (Å²) < 4.78 is 4.89. The number of aldehydes is 1.